The fourth-order valence-electron chi connectivity index (χ4n) is 2.03. The average molecular weight is 333 g/mol. The van der Waals surface area contributed by atoms with Gasteiger partial charge in [0.05, 0.1) is 10.7 Å². The van der Waals surface area contributed by atoms with Crippen molar-refractivity contribution < 1.29 is 9.53 Å². The topological polar surface area (TPSA) is 63.2 Å². The Bertz CT molecular complexity index is 628. The van der Waals surface area contributed by atoms with E-state index >= 15 is 0 Å². The lowest BCUT2D eigenvalue weighted by molar-refractivity contribution is 0.0953. The predicted molar refractivity (Wildman–Crippen MR) is 93.1 cm³/mol. The van der Waals surface area contributed by atoms with Crippen molar-refractivity contribution in [2.75, 3.05) is 19.6 Å². The molecule has 0 atom stereocenters. The van der Waals surface area contributed by atoms with Crippen LogP contribution >= 0.6 is 11.3 Å². The van der Waals surface area contributed by atoms with Crippen LogP contribution in [0.4, 0.5) is 0 Å². The molecule has 1 aromatic heterocycles. The van der Waals surface area contributed by atoms with Crippen molar-refractivity contribution in [3.63, 3.8) is 0 Å². The molecule has 6 heteroatoms. The van der Waals surface area contributed by atoms with E-state index in [1.807, 2.05) is 24.4 Å². The molecule has 2 N–H and O–H groups in total. The van der Waals surface area contributed by atoms with Crippen LogP contribution in [0, 0.1) is 6.92 Å². The van der Waals surface area contributed by atoms with E-state index in [0.29, 0.717) is 24.5 Å². The Labute approximate surface area is 141 Å². The molecule has 1 aromatic carbocycles. The van der Waals surface area contributed by atoms with Crippen molar-refractivity contribution in [2.24, 2.45) is 0 Å². The van der Waals surface area contributed by atoms with Crippen LogP contribution in [0.25, 0.3) is 0 Å². The second-order valence-electron chi connectivity index (χ2n) is 5.18. The summed E-state index contributed by atoms with van der Waals surface area (Å²) in [5.74, 6) is 0.589. The number of hydrogen-bond donors (Lipinski definition) is 2. The largest absolute Gasteiger partial charge is 0.487 e. The number of thiazole rings is 1. The van der Waals surface area contributed by atoms with Crippen molar-refractivity contribution in [3.8, 4) is 5.75 Å². The maximum Gasteiger partial charge on any atom is 0.251 e. The van der Waals surface area contributed by atoms with E-state index in [1.165, 1.54) is 0 Å². The molecule has 23 heavy (non-hydrogen) atoms. The summed E-state index contributed by atoms with van der Waals surface area (Å²) in [4.78, 5) is 16.5. The van der Waals surface area contributed by atoms with E-state index in [-0.39, 0.29) is 5.91 Å². The first-order valence-corrected chi connectivity index (χ1v) is 8.69. The van der Waals surface area contributed by atoms with Gasteiger partial charge in [0.1, 0.15) is 12.4 Å². The second kappa shape index (κ2) is 9.27. The highest BCUT2D eigenvalue weighted by Crippen LogP contribution is 2.16. The number of amides is 1. The van der Waals surface area contributed by atoms with Gasteiger partial charge in [0, 0.05) is 24.0 Å². The van der Waals surface area contributed by atoms with Crippen LogP contribution in [-0.2, 0) is 6.61 Å². The van der Waals surface area contributed by atoms with E-state index in [1.54, 1.807) is 23.5 Å². The van der Waals surface area contributed by atoms with Gasteiger partial charge < -0.3 is 15.4 Å². The number of hydrogen-bond acceptors (Lipinski definition) is 5. The predicted octanol–water partition coefficient (Wildman–Crippen LogP) is 2.76. The molecule has 0 aliphatic carbocycles. The maximum absolute atomic E-state index is 12.1. The molecule has 0 aliphatic heterocycles. The molecule has 0 bridgehead atoms. The zero-order chi connectivity index (χ0) is 16.5. The first kappa shape index (κ1) is 17.4. The zero-order valence-corrected chi connectivity index (χ0v) is 14.4. The standard InChI is InChI=1S/C17H23N3O2S/c1-3-7-18-8-9-19-17(21)14-5-4-6-16(10-14)22-11-15-12-23-13(2)20-15/h4-6,10,12,18H,3,7-9,11H2,1-2H3,(H,19,21). The van der Waals surface area contributed by atoms with Gasteiger partial charge in [-0.05, 0) is 38.1 Å². The van der Waals surface area contributed by atoms with E-state index in [2.05, 4.69) is 22.5 Å². The van der Waals surface area contributed by atoms with Crippen molar-refractivity contribution in [3.05, 3.63) is 45.9 Å². The number of carbonyl (C=O) groups is 1. The number of nitrogens with one attached hydrogen (secondary N) is 2. The molecule has 1 heterocycles. The molecule has 0 radical (unpaired) electrons. The number of aryl methyl sites for hydroxylation is 1. The number of carbonyl (C=O) groups excluding carboxylic acids is 1. The second-order valence-corrected chi connectivity index (χ2v) is 6.24. The Morgan fingerprint density at radius 2 is 2.17 bits per heavy atom. The Balaban J connectivity index is 1.82. The molecule has 2 aromatic rings. The van der Waals surface area contributed by atoms with Gasteiger partial charge in [-0.1, -0.05) is 13.0 Å². The minimum atomic E-state index is -0.0850. The van der Waals surface area contributed by atoms with Crippen molar-refractivity contribution in [2.45, 2.75) is 26.9 Å². The number of ether oxygens (including phenoxy) is 1. The molecular weight excluding hydrogens is 310 g/mol. The smallest absolute Gasteiger partial charge is 0.251 e. The third kappa shape index (κ3) is 6.00. The van der Waals surface area contributed by atoms with Gasteiger partial charge in [0.2, 0.25) is 0 Å². The molecular formula is C17H23N3O2S. The number of nitrogens with zero attached hydrogens (tertiary/aromatic N) is 1. The van der Waals surface area contributed by atoms with Gasteiger partial charge in [0.25, 0.3) is 5.91 Å². The minimum absolute atomic E-state index is 0.0850. The molecule has 0 aliphatic rings. The summed E-state index contributed by atoms with van der Waals surface area (Å²) in [5.41, 5.74) is 1.51. The number of benzene rings is 1. The molecule has 0 unspecified atom stereocenters. The molecule has 0 spiro atoms. The lowest BCUT2D eigenvalue weighted by Crippen LogP contribution is -2.32. The first-order valence-electron chi connectivity index (χ1n) is 7.82. The Hall–Kier alpha value is -1.92. The Morgan fingerprint density at radius 1 is 1.30 bits per heavy atom. The maximum atomic E-state index is 12.1. The van der Waals surface area contributed by atoms with E-state index in [9.17, 15) is 4.79 Å². The molecule has 2 rings (SSSR count). The quantitative estimate of drug-likeness (QED) is 0.693. The number of aromatic nitrogens is 1. The van der Waals surface area contributed by atoms with E-state index < -0.39 is 0 Å². The van der Waals surface area contributed by atoms with Gasteiger partial charge in [-0.15, -0.1) is 11.3 Å². The molecule has 124 valence electrons. The van der Waals surface area contributed by atoms with E-state index in [4.69, 9.17) is 4.74 Å². The summed E-state index contributed by atoms with van der Waals surface area (Å²) < 4.78 is 5.71. The fourth-order valence-corrected chi connectivity index (χ4v) is 2.62. The van der Waals surface area contributed by atoms with Crippen LogP contribution < -0.4 is 15.4 Å². The summed E-state index contributed by atoms with van der Waals surface area (Å²) in [6, 6.07) is 7.22. The van der Waals surface area contributed by atoms with Crippen LogP contribution in [0.15, 0.2) is 29.6 Å². The molecule has 0 saturated heterocycles. The summed E-state index contributed by atoms with van der Waals surface area (Å²) in [6.07, 6.45) is 1.09. The van der Waals surface area contributed by atoms with Gasteiger partial charge in [0.15, 0.2) is 0 Å². The molecule has 0 saturated carbocycles. The lowest BCUT2D eigenvalue weighted by atomic mass is 10.2. The molecule has 1 amide bonds. The highest BCUT2D eigenvalue weighted by atomic mass is 32.1. The lowest BCUT2D eigenvalue weighted by Gasteiger charge is -2.08. The molecule has 0 fully saturated rings. The van der Waals surface area contributed by atoms with Crippen molar-refractivity contribution >= 4 is 17.2 Å². The van der Waals surface area contributed by atoms with Crippen molar-refractivity contribution in [1.29, 1.82) is 0 Å². The third-order valence-electron chi connectivity index (χ3n) is 3.16. The first-order chi connectivity index (χ1) is 11.2. The van der Waals surface area contributed by atoms with Crippen LogP contribution in [0.5, 0.6) is 5.75 Å². The van der Waals surface area contributed by atoms with Gasteiger partial charge in [-0.25, -0.2) is 4.98 Å². The van der Waals surface area contributed by atoms with Crippen LogP contribution in [0.2, 0.25) is 0 Å². The highest BCUT2D eigenvalue weighted by molar-refractivity contribution is 7.09. The average Bonchev–Trinajstić information content (AvgIpc) is 2.98. The summed E-state index contributed by atoms with van der Waals surface area (Å²) in [6.45, 7) is 6.85. The summed E-state index contributed by atoms with van der Waals surface area (Å²) >= 11 is 1.60. The number of rotatable bonds is 9. The minimum Gasteiger partial charge on any atom is -0.487 e. The van der Waals surface area contributed by atoms with Crippen LogP contribution in [0.1, 0.15) is 34.4 Å². The van der Waals surface area contributed by atoms with Crippen molar-refractivity contribution in [1.82, 2.24) is 15.6 Å². The Morgan fingerprint density at radius 3 is 2.91 bits per heavy atom. The third-order valence-corrected chi connectivity index (χ3v) is 3.99. The highest BCUT2D eigenvalue weighted by Gasteiger charge is 2.07. The normalized spacial score (nSPS) is 10.5. The van der Waals surface area contributed by atoms with E-state index in [0.717, 1.165) is 30.2 Å². The monoisotopic (exact) mass is 333 g/mol. The summed E-state index contributed by atoms with van der Waals surface area (Å²) in [7, 11) is 0. The zero-order valence-electron chi connectivity index (χ0n) is 13.6. The van der Waals surface area contributed by atoms with Gasteiger partial charge >= 0.3 is 0 Å². The van der Waals surface area contributed by atoms with Crippen LogP contribution in [0.3, 0.4) is 0 Å². The summed E-state index contributed by atoms with van der Waals surface area (Å²) in [5, 5.41) is 9.15. The Kier molecular flexibility index (Phi) is 7.03. The van der Waals surface area contributed by atoms with Crippen LogP contribution in [-0.4, -0.2) is 30.5 Å². The molecule has 5 nitrogen and oxygen atoms in total. The SMILES string of the molecule is CCCNCCNC(=O)c1cccc(OCc2csc(C)n2)c1. The van der Waals surface area contributed by atoms with Gasteiger partial charge in [-0.3, -0.25) is 4.79 Å². The fraction of sp³-hybridized carbons (Fsp3) is 0.412. The van der Waals surface area contributed by atoms with Gasteiger partial charge in [-0.2, -0.15) is 0 Å².